The second kappa shape index (κ2) is 9.53. The molecule has 2 heterocycles. The molecule has 8 heteroatoms. The van der Waals surface area contributed by atoms with Gasteiger partial charge in [0.25, 0.3) is 0 Å². The Balaban J connectivity index is 1.68. The molecule has 1 saturated heterocycles. The third kappa shape index (κ3) is 5.08. The van der Waals surface area contributed by atoms with Gasteiger partial charge in [-0.3, -0.25) is 4.79 Å². The molecule has 0 radical (unpaired) electrons. The van der Waals surface area contributed by atoms with Crippen molar-refractivity contribution in [2.75, 3.05) is 36.5 Å². The average molecular weight is 390 g/mol. The number of anilines is 3. The fraction of sp³-hybridized carbons (Fsp3) is 0.421. The third-order valence-corrected chi connectivity index (χ3v) is 4.67. The summed E-state index contributed by atoms with van der Waals surface area (Å²) in [5, 5.41) is 6.74. The minimum atomic E-state index is -0.262. The monoisotopic (exact) mass is 389 g/mol. The summed E-state index contributed by atoms with van der Waals surface area (Å²) in [5.74, 6) is 1.16. The molecular formula is C19H24ClN5O2. The van der Waals surface area contributed by atoms with E-state index in [2.05, 4.69) is 20.6 Å². The molecule has 0 unspecified atom stereocenters. The van der Waals surface area contributed by atoms with Crippen LogP contribution in [0.4, 0.5) is 17.5 Å². The van der Waals surface area contributed by atoms with Crippen LogP contribution in [0, 0.1) is 0 Å². The van der Waals surface area contributed by atoms with Crippen molar-refractivity contribution in [2.24, 2.45) is 0 Å². The van der Waals surface area contributed by atoms with Crippen LogP contribution >= 0.6 is 11.6 Å². The predicted octanol–water partition coefficient (Wildman–Crippen LogP) is 3.00. The van der Waals surface area contributed by atoms with Crippen LogP contribution in [0.25, 0.3) is 0 Å². The molecule has 0 saturated carbocycles. The molecule has 1 amide bonds. The number of amides is 1. The van der Waals surface area contributed by atoms with E-state index in [-0.39, 0.29) is 11.9 Å². The number of rotatable bonds is 8. The van der Waals surface area contributed by atoms with Gasteiger partial charge in [-0.25, -0.2) is 4.98 Å². The van der Waals surface area contributed by atoms with Gasteiger partial charge in [-0.05, 0) is 38.0 Å². The van der Waals surface area contributed by atoms with E-state index in [1.807, 2.05) is 36.1 Å². The molecule has 27 heavy (non-hydrogen) atoms. The van der Waals surface area contributed by atoms with E-state index < -0.39 is 0 Å². The lowest BCUT2D eigenvalue weighted by Gasteiger charge is -2.24. The molecule has 1 aliphatic heterocycles. The van der Waals surface area contributed by atoms with Gasteiger partial charge in [0, 0.05) is 25.9 Å². The van der Waals surface area contributed by atoms with Crippen LogP contribution in [0.1, 0.15) is 19.8 Å². The van der Waals surface area contributed by atoms with E-state index in [1.165, 1.54) is 0 Å². The Morgan fingerprint density at radius 1 is 1.37 bits per heavy atom. The van der Waals surface area contributed by atoms with E-state index >= 15 is 0 Å². The topological polar surface area (TPSA) is 79.4 Å². The van der Waals surface area contributed by atoms with Crippen LogP contribution in [-0.2, 0) is 9.53 Å². The van der Waals surface area contributed by atoms with E-state index in [4.69, 9.17) is 16.3 Å². The largest absolute Gasteiger partial charge is 0.380 e. The van der Waals surface area contributed by atoms with Crippen LogP contribution in [0.3, 0.4) is 0 Å². The first-order valence-corrected chi connectivity index (χ1v) is 9.53. The summed E-state index contributed by atoms with van der Waals surface area (Å²) >= 11 is 6.20. The number of hydrogen-bond acceptors (Lipinski definition) is 6. The molecule has 7 nitrogen and oxygen atoms in total. The summed E-state index contributed by atoms with van der Waals surface area (Å²) in [7, 11) is 0. The smallest absolute Gasteiger partial charge is 0.242 e. The van der Waals surface area contributed by atoms with Crippen molar-refractivity contribution in [2.45, 2.75) is 25.8 Å². The zero-order valence-electron chi connectivity index (χ0n) is 15.3. The Morgan fingerprint density at radius 3 is 3.04 bits per heavy atom. The number of benzene rings is 1. The molecule has 0 aliphatic carbocycles. The maximum Gasteiger partial charge on any atom is 0.242 e. The van der Waals surface area contributed by atoms with Crippen molar-refractivity contribution in [1.82, 2.24) is 15.3 Å². The molecule has 1 aromatic heterocycles. The van der Waals surface area contributed by atoms with E-state index in [9.17, 15) is 4.79 Å². The normalized spacial score (nSPS) is 16.4. The number of carbonyl (C=O) groups excluding carboxylic acids is 1. The molecule has 0 spiro atoms. The summed E-state index contributed by atoms with van der Waals surface area (Å²) in [6.07, 6.45) is 3.39. The first kappa shape index (κ1) is 19.4. The number of nitrogens with zero attached hydrogens (tertiary/aromatic N) is 3. The second-order valence-corrected chi connectivity index (χ2v) is 6.59. The fourth-order valence-electron chi connectivity index (χ4n) is 3.04. The van der Waals surface area contributed by atoms with Crippen LogP contribution in [0.15, 0.2) is 36.5 Å². The van der Waals surface area contributed by atoms with Crippen molar-refractivity contribution in [3.05, 3.63) is 41.6 Å². The molecule has 1 atom stereocenters. The SMILES string of the molecule is CCOCCNC(=O)[C@@H]1CCCN1c1nccc(Nc2ccccc2Cl)n1. The zero-order chi connectivity index (χ0) is 19.1. The molecule has 0 bridgehead atoms. The van der Waals surface area contributed by atoms with Gasteiger partial charge in [0.1, 0.15) is 11.9 Å². The lowest BCUT2D eigenvalue weighted by Crippen LogP contribution is -2.44. The minimum absolute atomic E-state index is 0.0136. The van der Waals surface area contributed by atoms with Gasteiger partial charge < -0.3 is 20.3 Å². The highest BCUT2D eigenvalue weighted by molar-refractivity contribution is 6.33. The Labute approximate surface area is 164 Å². The number of aromatic nitrogens is 2. The average Bonchev–Trinajstić information content (AvgIpc) is 3.17. The van der Waals surface area contributed by atoms with E-state index in [0.29, 0.717) is 36.5 Å². The van der Waals surface area contributed by atoms with Gasteiger partial charge in [-0.2, -0.15) is 4.98 Å². The molecule has 1 aromatic carbocycles. The molecular weight excluding hydrogens is 366 g/mol. The summed E-state index contributed by atoms with van der Waals surface area (Å²) in [6, 6.07) is 8.99. The van der Waals surface area contributed by atoms with Crippen molar-refractivity contribution in [3.8, 4) is 0 Å². The molecule has 1 fully saturated rings. The maximum absolute atomic E-state index is 12.5. The zero-order valence-corrected chi connectivity index (χ0v) is 16.1. The number of ether oxygens (including phenoxy) is 1. The van der Waals surface area contributed by atoms with Crippen LogP contribution < -0.4 is 15.5 Å². The highest BCUT2D eigenvalue weighted by atomic mass is 35.5. The quantitative estimate of drug-likeness (QED) is 0.676. The highest BCUT2D eigenvalue weighted by Crippen LogP contribution is 2.26. The molecule has 2 N–H and O–H groups in total. The molecule has 1 aliphatic rings. The lowest BCUT2D eigenvalue weighted by molar-refractivity contribution is -0.122. The van der Waals surface area contributed by atoms with Crippen molar-refractivity contribution in [1.29, 1.82) is 0 Å². The number of nitrogens with one attached hydrogen (secondary N) is 2. The Kier molecular flexibility index (Phi) is 6.84. The number of hydrogen-bond donors (Lipinski definition) is 2. The Bertz CT molecular complexity index is 773. The third-order valence-electron chi connectivity index (χ3n) is 4.34. The lowest BCUT2D eigenvalue weighted by atomic mass is 10.2. The van der Waals surface area contributed by atoms with Crippen LogP contribution in [-0.4, -0.2) is 48.2 Å². The minimum Gasteiger partial charge on any atom is -0.380 e. The molecule has 2 aromatic rings. The van der Waals surface area contributed by atoms with Crippen LogP contribution in [0.2, 0.25) is 5.02 Å². The van der Waals surface area contributed by atoms with Gasteiger partial charge in [0.05, 0.1) is 17.3 Å². The number of carbonyl (C=O) groups is 1. The Morgan fingerprint density at radius 2 is 2.22 bits per heavy atom. The van der Waals surface area contributed by atoms with Crippen molar-refractivity contribution in [3.63, 3.8) is 0 Å². The van der Waals surface area contributed by atoms with E-state index in [1.54, 1.807) is 12.3 Å². The first-order valence-electron chi connectivity index (χ1n) is 9.15. The van der Waals surface area contributed by atoms with Crippen molar-refractivity contribution >= 4 is 35.0 Å². The number of halogens is 1. The summed E-state index contributed by atoms with van der Waals surface area (Å²) in [6.45, 7) is 4.35. The molecule has 3 rings (SSSR count). The Hall–Kier alpha value is -2.38. The summed E-state index contributed by atoms with van der Waals surface area (Å²) < 4.78 is 5.27. The summed E-state index contributed by atoms with van der Waals surface area (Å²) in [4.78, 5) is 23.4. The van der Waals surface area contributed by atoms with Gasteiger partial charge in [-0.15, -0.1) is 0 Å². The van der Waals surface area contributed by atoms with Gasteiger partial charge in [-0.1, -0.05) is 23.7 Å². The predicted molar refractivity (Wildman–Crippen MR) is 107 cm³/mol. The second-order valence-electron chi connectivity index (χ2n) is 6.19. The number of para-hydroxylation sites is 1. The van der Waals surface area contributed by atoms with E-state index in [0.717, 1.165) is 25.1 Å². The van der Waals surface area contributed by atoms with Gasteiger partial charge in [0.2, 0.25) is 11.9 Å². The highest BCUT2D eigenvalue weighted by Gasteiger charge is 2.32. The first-order chi connectivity index (χ1) is 13.2. The summed E-state index contributed by atoms with van der Waals surface area (Å²) in [5.41, 5.74) is 0.774. The fourth-order valence-corrected chi connectivity index (χ4v) is 3.23. The maximum atomic E-state index is 12.5. The van der Waals surface area contributed by atoms with Crippen molar-refractivity contribution < 1.29 is 9.53 Å². The molecule has 144 valence electrons. The standard InChI is InChI=1S/C19H24ClN5O2/c1-2-27-13-11-21-18(26)16-8-5-12-25(16)19-22-10-9-17(24-19)23-15-7-4-3-6-14(15)20/h3-4,6-7,9-10,16H,2,5,8,11-13H2,1H3,(H,21,26)(H,22,23,24)/t16-/m0/s1. The van der Waals surface area contributed by atoms with Gasteiger partial charge in [0.15, 0.2) is 0 Å². The van der Waals surface area contributed by atoms with Crippen LogP contribution in [0.5, 0.6) is 0 Å². The van der Waals surface area contributed by atoms with Gasteiger partial charge >= 0.3 is 0 Å².